The van der Waals surface area contributed by atoms with Crippen LogP contribution in [0.3, 0.4) is 0 Å². The van der Waals surface area contributed by atoms with Crippen molar-refractivity contribution in [1.29, 1.82) is 5.26 Å². The normalized spacial score (nSPS) is 15.6. The Kier molecular flexibility index (Phi) is 6.04. The van der Waals surface area contributed by atoms with Crippen LogP contribution < -0.4 is 16.3 Å². The first kappa shape index (κ1) is 24.3. The number of fused-ring (bicyclic) bond motifs is 3. The summed E-state index contributed by atoms with van der Waals surface area (Å²) in [5.41, 5.74) is 5.91. The van der Waals surface area contributed by atoms with E-state index in [1.165, 1.54) is 0 Å². The van der Waals surface area contributed by atoms with Crippen LogP contribution >= 0.6 is 0 Å². The van der Waals surface area contributed by atoms with Gasteiger partial charge in [0.25, 0.3) is 5.91 Å². The second-order valence-corrected chi connectivity index (χ2v) is 9.95. The van der Waals surface area contributed by atoms with Gasteiger partial charge in [0, 0.05) is 68.0 Å². The average molecular weight is 495 g/mol. The van der Waals surface area contributed by atoms with Gasteiger partial charge in [0.15, 0.2) is 0 Å². The zero-order valence-electron chi connectivity index (χ0n) is 21.8. The van der Waals surface area contributed by atoms with Gasteiger partial charge in [-0.1, -0.05) is 12.1 Å². The summed E-state index contributed by atoms with van der Waals surface area (Å²) in [4.78, 5) is 28.3. The molecule has 9 nitrogen and oxygen atoms in total. The second-order valence-electron chi connectivity index (χ2n) is 9.95. The molecular weight excluding hydrogens is 464 g/mol. The third-order valence-electron chi connectivity index (χ3n) is 6.95. The number of carbonyl (C=O) groups excluding carboxylic acids is 1. The third-order valence-corrected chi connectivity index (χ3v) is 6.95. The van der Waals surface area contributed by atoms with E-state index in [4.69, 9.17) is 0 Å². The number of aryl methyl sites for hydroxylation is 1. The molecule has 1 amide bonds. The van der Waals surface area contributed by atoms with Gasteiger partial charge in [-0.05, 0) is 56.2 Å². The second kappa shape index (κ2) is 9.21. The van der Waals surface area contributed by atoms with Crippen LogP contribution in [-0.2, 0) is 11.3 Å². The van der Waals surface area contributed by atoms with E-state index in [-0.39, 0.29) is 5.91 Å². The molecule has 0 radical (unpaired) electrons. The van der Waals surface area contributed by atoms with Gasteiger partial charge in [-0.15, -0.1) is 0 Å². The molecule has 1 aromatic rings. The molecule has 9 heteroatoms. The van der Waals surface area contributed by atoms with Crippen LogP contribution in [0.4, 0.5) is 11.5 Å². The monoisotopic (exact) mass is 494 g/mol. The highest BCUT2D eigenvalue weighted by atomic mass is 16.1. The molecule has 188 valence electrons. The lowest BCUT2D eigenvalue weighted by molar-refractivity contribution is -0.112. The molecular formula is C28H30N8O. The Bertz CT molecular complexity index is 1550. The van der Waals surface area contributed by atoms with Gasteiger partial charge >= 0.3 is 0 Å². The minimum atomic E-state index is -0.692. The molecule has 4 heterocycles. The Labute approximate surface area is 216 Å². The van der Waals surface area contributed by atoms with Gasteiger partial charge < -0.3 is 20.1 Å². The summed E-state index contributed by atoms with van der Waals surface area (Å²) >= 11 is 0. The fourth-order valence-electron chi connectivity index (χ4n) is 4.89. The highest BCUT2D eigenvalue weighted by Crippen LogP contribution is 2.39. The van der Waals surface area contributed by atoms with Crippen LogP contribution in [0, 0.1) is 23.7 Å². The van der Waals surface area contributed by atoms with Crippen molar-refractivity contribution in [2.75, 3.05) is 37.8 Å². The number of hydrogen-bond acceptors (Lipinski definition) is 7. The van der Waals surface area contributed by atoms with E-state index in [1.54, 1.807) is 13.2 Å². The first-order chi connectivity index (χ1) is 17.7. The van der Waals surface area contributed by atoms with Gasteiger partial charge in [-0.3, -0.25) is 9.79 Å². The predicted octanol–water partition coefficient (Wildman–Crippen LogP) is 3.56. The van der Waals surface area contributed by atoms with Crippen molar-refractivity contribution in [2.24, 2.45) is 10.4 Å². The Morgan fingerprint density at radius 2 is 2.08 bits per heavy atom. The van der Waals surface area contributed by atoms with Crippen molar-refractivity contribution in [1.82, 2.24) is 19.4 Å². The van der Waals surface area contributed by atoms with Crippen LogP contribution in [0.2, 0.25) is 0 Å². The van der Waals surface area contributed by atoms with E-state index >= 15 is 0 Å². The van der Waals surface area contributed by atoms with Gasteiger partial charge in [-0.2, -0.15) is 10.2 Å². The molecule has 0 bridgehead atoms. The number of aromatic nitrogens is 3. The number of anilines is 2. The number of nitrogens with one attached hydrogen (secondary N) is 2. The third kappa shape index (κ3) is 4.35. The molecule has 5 rings (SSSR count). The SMILES string of the molecule is CN=c1ncc2cc(-c3cc(NC(=O)C4=CCN(C)C(C(C)(C)C#N)=C4)ccc3C)c3n(c-2n1)CCN3. The van der Waals surface area contributed by atoms with Crippen molar-refractivity contribution >= 4 is 17.4 Å². The highest BCUT2D eigenvalue weighted by Gasteiger charge is 2.29. The number of pyridine rings is 1. The largest absolute Gasteiger partial charge is 0.373 e. The highest BCUT2D eigenvalue weighted by molar-refractivity contribution is 6.06. The van der Waals surface area contributed by atoms with E-state index in [9.17, 15) is 10.1 Å². The lowest BCUT2D eigenvalue weighted by Crippen LogP contribution is -2.32. The number of amides is 1. The summed E-state index contributed by atoms with van der Waals surface area (Å²) in [7, 11) is 3.61. The van der Waals surface area contributed by atoms with Crippen LogP contribution in [0.15, 0.2) is 58.9 Å². The number of nitriles is 1. The standard InChI is InChI=1S/C28H30N8O/c1-17-6-7-20(33-26(37)18-8-10-35(5)23(13-18)28(2,3)16-29)14-21(17)22-12-19-15-32-27(30-4)34-24(19)36-11-9-31-25(22)36/h6-8,12-15,31H,9-11H2,1-5H3,(H,33,37). The molecule has 0 fully saturated rings. The maximum Gasteiger partial charge on any atom is 0.255 e. The van der Waals surface area contributed by atoms with Crippen molar-refractivity contribution < 1.29 is 4.79 Å². The summed E-state index contributed by atoms with van der Waals surface area (Å²) in [5.74, 6) is 1.64. The molecule has 1 aromatic carbocycles. The van der Waals surface area contributed by atoms with Crippen LogP contribution in [0.5, 0.6) is 0 Å². The zero-order chi connectivity index (χ0) is 26.3. The Morgan fingerprint density at radius 1 is 1.27 bits per heavy atom. The van der Waals surface area contributed by atoms with Gasteiger partial charge in [-0.25, -0.2) is 4.98 Å². The van der Waals surface area contributed by atoms with Crippen molar-refractivity contribution in [3.05, 3.63) is 65.1 Å². The zero-order valence-corrected chi connectivity index (χ0v) is 21.8. The molecule has 2 N–H and O–H groups in total. The Morgan fingerprint density at radius 3 is 2.84 bits per heavy atom. The maximum absolute atomic E-state index is 13.2. The minimum absolute atomic E-state index is 0.199. The lowest BCUT2D eigenvalue weighted by Gasteiger charge is -2.32. The predicted molar refractivity (Wildman–Crippen MR) is 144 cm³/mol. The number of nitrogens with zero attached hydrogens (tertiary/aromatic N) is 6. The first-order valence-corrected chi connectivity index (χ1v) is 12.3. The molecule has 0 atom stereocenters. The van der Waals surface area contributed by atoms with Crippen molar-refractivity contribution in [3.8, 4) is 28.6 Å². The summed E-state index contributed by atoms with van der Waals surface area (Å²) < 4.78 is 2.17. The van der Waals surface area contributed by atoms with Crippen LogP contribution in [0.25, 0.3) is 22.5 Å². The fourth-order valence-corrected chi connectivity index (χ4v) is 4.89. The van der Waals surface area contributed by atoms with Crippen molar-refractivity contribution in [3.63, 3.8) is 0 Å². The quantitative estimate of drug-likeness (QED) is 0.574. The number of hydrogen-bond donors (Lipinski definition) is 2. The maximum atomic E-state index is 13.2. The van der Waals surface area contributed by atoms with Gasteiger partial charge in [0.1, 0.15) is 11.6 Å². The fraction of sp³-hybridized carbons (Fsp3) is 0.321. The number of allylic oxidation sites excluding steroid dienone is 1. The Balaban J connectivity index is 1.51. The summed E-state index contributed by atoms with van der Waals surface area (Å²) in [6.45, 7) is 7.95. The van der Waals surface area contributed by atoms with Crippen LogP contribution in [-0.4, -0.2) is 52.5 Å². The topological polar surface area (TPSA) is 111 Å². The van der Waals surface area contributed by atoms with Crippen molar-refractivity contribution in [2.45, 2.75) is 27.3 Å². The average Bonchev–Trinajstić information content (AvgIpc) is 3.39. The van der Waals surface area contributed by atoms with Crippen LogP contribution in [0.1, 0.15) is 19.4 Å². The molecule has 0 spiro atoms. The number of benzene rings is 1. The molecule has 4 aliphatic heterocycles. The summed E-state index contributed by atoms with van der Waals surface area (Å²) in [6.07, 6.45) is 5.50. The Hall–Kier alpha value is -4.45. The molecule has 0 unspecified atom stereocenters. The van der Waals surface area contributed by atoms with E-state index in [0.717, 1.165) is 52.7 Å². The first-order valence-electron chi connectivity index (χ1n) is 12.3. The van der Waals surface area contributed by atoms with Gasteiger partial charge in [0.05, 0.1) is 11.5 Å². The summed E-state index contributed by atoms with van der Waals surface area (Å²) in [5, 5.41) is 16.1. The summed E-state index contributed by atoms with van der Waals surface area (Å²) in [6, 6.07) is 10.4. The molecule has 37 heavy (non-hydrogen) atoms. The molecule has 0 saturated carbocycles. The number of carbonyl (C=O) groups is 1. The molecule has 4 aliphatic rings. The smallest absolute Gasteiger partial charge is 0.255 e. The lowest BCUT2D eigenvalue weighted by atomic mass is 9.87. The van der Waals surface area contributed by atoms with E-state index in [1.807, 2.05) is 56.1 Å². The number of rotatable bonds is 4. The number of likely N-dealkylation sites (N-methyl/N-ethyl adjacent to an activating group) is 1. The van der Waals surface area contributed by atoms with E-state index < -0.39 is 5.41 Å². The van der Waals surface area contributed by atoms with Gasteiger partial charge in [0.2, 0.25) is 5.62 Å². The molecule has 0 saturated heterocycles. The minimum Gasteiger partial charge on any atom is -0.373 e. The van der Waals surface area contributed by atoms with E-state index in [0.29, 0.717) is 23.4 Å². The molecule has 0 aromatic heterocycles. The van der Waals surface area contributed by atoms with E-state index in [2.05, 4.69) is 49.2 Å². The molecule has 0 aliphatic carbocycles.